The Balaban J connectivity index is 1.79. The second-order valence-corrected chi connectivity index (χ2v) is 7.71. The van der Waals surface area contributed by atoms with Crippen molar-refractivity contribution in [1.29, 1.82) is 0 Å². The highest BCUT2D eigenvalue weighted by Gasteiger charge is 2.23. The summed E-state index contributed by atoms with van der Waals surface area (Å²) < 4.78 is 3.99. The summed E-state index contributed by atoms with van der Waals surface area (Å²) in [5.74, 6) is 1.32. The minimum atomic E-state index is -0.137. The molecule has 0 spiro atoms. The lowest BCUT2D eigenvalue weighted by atomic mass is 10.0. The van der Waals surface area contributed by atoms with Crippen LogP contribution in [0.25, 0.3) is 11.2 Å². The molecule has 0 bridgehead atoms. The summed E-state index contributed by atoms with van der Waals surface area (Å²) in [6.07, 6.45) is 3.00. The Hall–Kier alpha value is -2.70. The number of pyridine rings is 1. The van der Waals surface area contributed by atoms with E-state index < -0.39 is 0 Å². The zero-order valence-electron chi connectivity index (χ0n) is 17.4. The van der Waals surface area contributed by atoms with Crippen molar-refractivity contribution in [3.63, 3.8) is 0 Å². The molecule has 0 radical (unpaired) electrons. The van der Waals surface area contributed by atoms with Crippen LogP contribution in [-0.4, -0.2) is 30.2 Å². The van der Waals surface area contributed by atoms with Gasteiger partial charge in [-0.3, -0.25) is 9.48 Å². The first kappa shape index (κ1) is 20.0. The van der Waals surface area contributed by atoms with Crippen LogP contribution < -0.4 is 5.32 Å². The lowest BCUT2D eigenvalue weighted by Gasteiger charge is -2.21. The standard InChI is InChI=1S/C21H30N6O/c1-6-26-20-17(8-7-10-22-20)24-21(26)18(12-14(2)3)23-19(28)9-11-27-16(5)13-15(4)25-27/h7-8,10,13-14,18H,6,9,11-12H2,1-5H3,(H,23,28)/t18-/m0/s1. The molecule has 0 saturated heterocycles. The van der Waals surface area contributed by atoms with Crippen LogP contribution >= 0.6 is 0 Å². The Morgan fingerprint density at radius 1 is 1.29 bits per heavy atom. The number of fused-ring (bicyclic) bond motifs is 1. The van der Waals surface area contributed by atoms with Crippen molar-refractivity contribution < 1.29 is 4.79 Å². The van der Waals surface area contributed by atoms with Crippen molar-refractivity contribution >= 4 is 17.1 Å². The number of rotatable bonds is 8. The van der Waals surface area contributed by atoms with E-state index in [1.807, 2.05) is 36.7 Å². The van der Waals surface area contributed by atoms with Gasteiger partial charge in [0.05, 0.1) is 11.7 Å². The van der Waals surface area contributed by atoms with Gasteiger partial charge in [-0.15, -0.1) is 0 Å². The Kier molecular flexibility index (Phi) is 6.11. The summed E-state index contributed by atoms with van der Waals surface area (Å²) in [4.78, 5) is 22.0. The maximum Gasteiger partial charge on any atom is 0.222 e. The quantitative estimate of drug-likeness (QED) is 0.646. The number of imidazole rings is 1. The molecule has 7 nitrogen and oxygen atoms in total. The molecule has 3 rings (SSSR count). The van der Waals surface area contributed by atoms with Crippen LogP contribution in [0.2, 0.25) is 0 Å². The molecule has 0 saturated carbocycles. The van der Waals surface area contributed by atoms with E-state index in [9.17, 15) is 4.79 Å². The average molecular weight is 383 g/mol. The number of hydrogen-bond donors (Lipinski definition) is 1. The maximum absolute atomic E-state index is 12.7. The van der Waals surface area contributed by atoms with E-state index >= 15 is 0 Å². The lowest BCUT2D eigenvalue weighted by Crippen LogP contribution is -2.32. The number of nitrogens with zero attached hydrogens (tertiary/aromatic N) is 5. The zero-order chi connectivity index (χ0) is 20.3. The van der Waals surface area contributed by atoms with Crippen molar-refractivity contribution in [3.05, 3.63) is 41.6 Å². The number of hydrogen-bond acceptors (Lipinski definition) is 4. The van der Waals surface area contributed by atoms with E-state index in [4.69, 9.17) is 4.98 Å². The van der Waals surface area contributed by atoms with Gasteiger partial charge in [0, 0.05) is 31.4 Å². The second kappa shape index (κ2) is 8.54. The lowest BCUT2D eigenvalue weighted by molar-refractivity contribution is -0.122. The minimum Gasteiger partial charge on any atom is -0.346 e. The van der Waals surface area contributed by atoms with E-state index in [1.165, 1.54) is 0 Å². The van der Waals surface area contributed by atoms with Crippen molar-refractivity contribution in [2.45, 2.75) is 66.6 Å². The number of aryl methyl sites for hydroxylation is 4. The predicted octanol–water partition coefficient (Wildman–Crippen LogP) is 3.56. The van der Waals surface area contributed by atoms with E-state index in [0.29, 0.717) is 18.9 Å². The van der Waals surface area contributed by atoms with Crippen molar-refractivity contribution in [2.75, 3.05) is 0 Å². The Bertz CT molecular complexity index is 955. The number of carbonyl (C=O) groups is 1. The van der Waals surface area contributed by atoms with E-state index in [1.54, 1.807) is 6.20 Å². The highest BCUT2D eigenvalue weighted by Crippen LogP contribution is 2.24. The predicted molar refractivity (Wildman–Crippen MR) is 110 cm³/mol. The molecule has 150 valence electrons. The molecule has 0 aliphatic heterocycles. The molecule has 0 aliphatic rings. The highest BCUT2D eigenvalue weighted by atomic mass is 16.1. The third kappa shape index (κ3) is 4.40. The molecule has 7 heteroatoms. The number of aromatic nitrogens is 5. The Morgan fingerprint density at radius 3 is 2.71 bits per heavy atom. The molecule has 1 N–H and O–H groups in total. The van der Waals surface area contributed by atoms with Crippen LogP contribution in [0.4, 0.5) is 0 Å². The van der Waals surface area contributed by atoms with Crippen molar-refractivity contribution in [2.24, 2.45) is 5.92 Å². The summed E-state index contributed by atoms with van der Waals surface area (Å²) in [6.45, 7) is 11.7. The van der Waals surface area contributed by atoms with Crippen LogP contribution in [0.5, 0.6) is 0 Å². The van der Waals surface area contributed by atoms with Gasteiger partial charge in [0.15, 0.2) is 5.65 Å². The average Bonchev–Trinajstić information content (AvgIpc) is 3.17. The van der Waals surface area contributed by atoms with Crippen LogP contribution in [0.15, 0.2) is 24.4 Å². The number of carbonyl (C=O) groups excluding carboxylic acids is 1. The highest BCUT2D eigenvalue weighted by molar-refractivity contribution is 5.77. The molecule has 0 fully saturated rings. The van der Waals surface area contributed by atoms with Crippen LogP contribution in [0, 0.1) is 19.8 Å². The minimum absolute atomic E-state index is 0.0147. The zero-order valence-corrected chi connectivity index (χ0v) is 17.4. The van der Waals surface area contributed by atoms with E-state index in [0.717, 1.165) is 41.3 Å². The molecule has 0 aromatic carbocycles. The summed E-state index contributed by atoms with van der Waals surface area (Å²) in [5.41, 5.74) is 3.78. The molecule has 3 aromatic rings. The molecular formula is C21H30N6O. The molecule has 0 unspecified atom stereocenters. The van der Waals surface area contributed by atoms with Crippen LogP contribution in [-0.2, 0) is 17.9 Å². The summed E-state index contributed by atoms with van der Waals surface area (Å²) >= 11 is 0. The fraction of sp³-hybridized carbons (Fsp3) is 0.524. The van der Waals surface area contributed by atoms with Crippen LogP contribution in [0.3, 0.4) is 0 Å². The van der Waals surface area contributed by atoms with Gasteiger partial charge in [-0.25, -0.2) is 9.97 Å². The molecule has 3 heterocycles. The normalized spacial score (nSPS) is 12.6. The van der Waals surface area contributed by atoms with Gasteiger partial charge in [0.2, 0.25) is 5.91 Å². The summed E-state index contributed by atoms with van der Waals surface area (Å²) in [6, 6.07) is 5.75. The molecular weight excluding hydrogens is 352 g/mol. The van der Waals surface area contributed by atoms with Gasteiger partial charge in [-0.05, 0) is 51.3 Å². The first-order valence-electron chi connectivity index (χ1n) is 10.0. The van der Waals surface area contributed by atoms with Gasteiger partial charge in [0.1, 0.15) is 11.3 Å². The third-order valence-corrected chi connectivity index (χ3v) is 4.86. The fourth-order valence-electron chi connectivity index (χ4n) is 3.63. The Morgan fingerprint density at radius 2 is 2.07 bits per heavy atom. The van der Waals surface area contributed by atoms with E-state index in [2.05, 4.69) is 40.7 Å². The number of amides is 1. The SMILES string of the molecule is CCn1c([C@H](CC(C)C)NC(=O)CCn2nc(C)cc2C)nc2cccnc21. The third-order valence-electron chi connectivity index (χ3n) is 4.86. The molecule has 28 heavy (non-hydrogen) atoms. The van der Waals surface area contributed by atoms with Gasteiger partial charge < -0.3 is 9.88 Å². The van der Waals surface area contributed by atoms with Gasteiger partial charge in [-0.2, -0.15) is 5.10 Å². The largest absolute Gasteiger partial charge is 0.346 e. The van der Waals surface area contributed by atoms with Gasteiger partial charge in [0.25, 0.3) is 0 Å². The monoisotopic (exact) mass is 382 g/mol. The molecule has 3 aromatic heterocycles. The summed E-state index contributed by atoms with van der Waals surface area (Å²) in [7, 11) is 0. The van der Waals surface area contributed by atoms with E-state index in [-0.39, 0.29) is 11.9 Å². The summed E-state index contributed by atoms with van der Waals surface area (Å²) in [5, 5.41) is 7.64. The van der Waals surface area contributed by atoms with Gasteiger partial charge >= 0.3 is 0 Å². The first-order valence-corrected chi connectivity index (χ1v) is 10.0. The fourth-order valence-corrected chi connectivity index (χ4v) is 3.63. The smallest absolute Gasteiger partial charge is 0.222 e. The van der Waals surface area contributed by atoms with Crippen molar-refractivity contribution in [3.8, 4) is 0 Å². The second-order valence-electron chi connectivity index (χ2n) is 7.71. The number of nitrogens with one attached hydrogen (secondary N) is 1. The topological polar surface area (TPSA) is 77.6 Å². The molecule has 0 aliphatic carbocycles. The van der Waals surface area contributed by atoms with Gasteiger partial charge in [-0.1, -0.05) is 13.8 Å². The molecule has 1 atom stereocenters. The molecule has 1 amide bonds. The Labute approximate surface area is 166 Å². The first-order chi connectivity index (χ1) is 13.4. The van der Waals surface area contributed by atoms with Crippen LogP contribution in [0.1, 0.15) is 56.9 Å². The van der Waals surface area contributed by atoms with Crippen molar-refractivity contribution in [1.82, 2.24) is 29.6 Å². The maximum atomic E-state index is 12.7.